The van der Waals surface area contributed by atoms with Gasteiger partial charge in [0.05, 0.1) is 6.42 Å². The second-order valence-electron chi connectivity index (χ2n) is 5.82. The Labute approximate surface area is 105 Å². The normalized spacial score (nSPS) is 21.8. The number of rotatable bonds is 5. The molecule has 4 nitrogen and oxygen atoms in total. The second kappa shape index (κ2) is 6.36. The zero-order chi connectivity index (χ0) is 12.9. The number of ether oxygens (including phenoxy) is 1. The Morgan fingerprint density at radius 2 is 2.18 bits per heavy atom. The molecule has 0 saturated carbocycles. The molecule has 1 atom stereocenters. The van der Waals surface area contributed by atoms with Gasteiger partial charge in [-0.25, -0.2) is 0 Å². The minimum absolute atomic E-state index is 0.121. The molecule has 1 saturated heterocycles. The van der Waals surface area contributed by atoms with Crippen molar-refractivity contribution < 1.29 is 9.53 Å². The van der Waals surface area contributed by atoms with E-state index in [1.807, 2.05) is 20.8 Å². The van der Waals surface area contributed by atoms with Gasteiger partial charge in [-0.15, -0.1) is 0 Å². The third-order valence-electron chi connectivity index (χ3n) is 2.98. The first-order valence-electron chi connectivity index (χ1n) is 6.51. The van der Waals surface area contributed by atoms with Gasteiger partial charge in [-0.1, -0.05) is 0 Å². The van der Waals surface area contributed by atoms with Crippen LogP contribution >= 0.6 is 0 Å². The van der Waals surface area contributed by atoms with Crippen molar-refractivity contribution in [1.29, 1.82) is 0 Å². The number of carbonyl (C=O) groups excluding carboxylic acids is 1. The highest BCUT2D eigenvalue weighted by molar-refractivity contribution is 5.70. The van der Waals surface area contributed by atoms with Crippen LogP contribution in [0.3, 0.4) is 0 Å². The first kappa shape index (κ1) is 14.5. The summed E-state index contributed by atoms with van der Waals surface area (Å²) >= 11 is 0. The molecule has 0 bridgehead atoms. The second-order valence-corrected chi connectivity index (χ2v) is 5.82. The molecule has 1 aliphatic heterocycles. The summed E-state index contributed by atoms with van der Waals surface area (Å²) in [4.78, 5) is 13.8. The average Bonchev–Trinajstić information content (AvgIpc) is 2.56. The van der Waals surface area contributed by atoms with E-state index in [-0.39, 0.29) is 11.6 Å². The van der Waals surface area contributed by atoms with E-state index in [1.165, 1.54) is 19.4 Å². The molecule has 1 N–H and O–H groups in total. The lowest BCUT2D eigenvalue weighted by Crippen LogP contribution is -2.36. The van der Waals surface area contributed by atoms with E-state index in [0.717, 1.165) is 6.54 Å². The van der Waals surface area contributed by atoms with Crippen LogP contribution < -0.4 is 5.32 Å². The predicted octanol–water partition coefficient (Wildman–Crippen LogP) is 1.40. The molecular formula is C13H26N2O2. The summed E-state index contributed by atoms with van der Waals surface area (Å²) in [7, 11) is 2.16. The number of hydrogen-bond acceptors (Lipinski definition) is 4. The smallest absolute Gasteiger partial charge is 0.307 e. The van der Waals surface area contributed by atoms with Crippen molar-refractivity contribution in [2.45, 2.75) is 51.7 Å². The van der Waals surface area contributed by atoms with Gasteiger partial charge in [-0.3, -0.25) is 4.79 Å². The third kappa shape index (κ3) is 6.03. The van der Waals surface area contributed by atoms with Gasteiger partial charge in [-0.05, 0) is 47.2 Å². The maximum Gasteiger partial charge on any atom is 0.307 e. The van der Waals surface area contributed by atoms with E-state index in [1.54, 1.807) is 0 Å². The maximum atomic E-state index is 11.4. The van der Waals surface area contributed by atoms with Gasteiger partial charge < -0.3 is 15.0 Å². The molecule has 0 aromatic heterocycles. The van der Waals surface area contributed by atoms with Crippen molar-refractivity contribution in [1.82, 2.24) is 10.2 Å². The molecule has 1 unspecified atom stereocenters. The molecule has 1 fully saturated rings. The summed E-state index contributed by atoms with van der Waals surface area (Å²) in [5.41, 5.74) is -0.372. The van der Waals surface area contributed by atoms with Gasteiger partial charge >= 0.3 is 5.97 Å². The molecule has 0 spiro atoms. The van der Waals surface area contributed by atoms with Crippen LogP contribution in [0.2, 0.25) is 0 Å². The fraction of sp³-hybridized carbons (Fsp3) is 0.923. The lowest BCUT2D eigenvalue weighted by Gasteiger charge is -2.21. The molecule has 0 aliphatic carbocycles. The van der Waals surface area contributed by atoms with Crippen molar-refractivity contribution in [3.05, 3.63) is 0 Å². The van der Waals surface area contributed by atoms with Crippen molar-refractivity contribution in [3.63, 3.8) is 0 Å². The largest absolute Gasteiger partial charge is 0.460 e. The van der Waals surface area contributed by atoms with Gasteiger partial charge in [0.25, 0.3) is 0 Å². The Morgan fingerprint density at radius 1 is 1.47 bits per heavy atom. The molecule has 17 heavy (non-hydrogen) atoms. The first-order valence-corrected chi connectivity index (χ1v) is 6.51. The van der Waals surface area contributed by atoms with Crippen molar-refractivity contribution >= 4 is 5.97 Å². The van der Waals surface area contributed by atoms with Crippen LogP contribution in [0.5, 0.6) is 0 Å². The first-order chi connectivity index (χ1) is 7.88. The molecule has 100 valence electrons. The van der Waals surface area contributed by atoms with E-state index in [2.05, 4.69) is 17.3 Å². The fourth-order valence-electron chi connectivity index (χ4n) is 2.09. The minimum Gasteiger partial charge on any atom is -0.460 e. The standard InChI is InChI=1S/C13H26N2O2/c1-13(2,3)17-12(16)7-8-14-10-11-6-5-9-15(11)4/h11,14H,5-10H2,1-4H3. The Kier molecular flexibility index (Phi) is 5.40. The highest BCUT2D eigenvalue weighted by atomic mass is 16.6. The molecule has 0 aromatic carbocycles. The van der Waals surface area contributed by atoms with Crippen LogP contribution in [0.25, 0.3) is 0 Å². The highest BCUT2D eigenvalue weighted by Gasteiger charge is 2.20. The number of likely N-dealkylation sites (N-methyl/N-ethyl adjacent to an activating group) is 1. The number of nitrogens with one attached hydrogen (secondary N) is 1. The molecular weight excluding hydrogens is 216 g/mol. The number of hydrogen-bond donors (Lipinski definition) is 1. The topological polar surface area (TPSA) is 41.6 Å². The Balaban J connectivity index is 2.06. The summed E-state index contributed by atoms with van der Waals surface area (Å²) in [5.74, 6) is -0.121. The van der Waals surface area contributed by atoms with Crippen LogP contribution in [-0.2, 0) is 9.53 Å². The summed E-state index contributed by atoms with van der Waals surface area (Å²) in [6.07, 6.45) is 3.00. The lowest BCUT2D eigenvalue weighted by atomic mass is 10.2. The summed E-state index contributed by atoms with van der Waals surface area (Å²) in [5, 5.41) is 3.33. The van der Waals surface area contributed by atoms with E-state index < -0.39 is 0 Å². The van der Waals surface area contributed by atoms with Crippen LogP contribution in [0.1, 0.15) is 40.0 Å². The monoisotopic (exact) mass is 242 g/mol. The molecule has 4 heteroatoms. The Bertz CT molecular complexity index is 248. The third-order valence-corrected chi connectivity index (χ3v) is 2.98. The van der Waals surface area contributed by atoms with Crippen LogP contribution in [0.4, 0.5) is 0 Å². The Morgan fingerprint density at radius 3 is 2.71 bits per heavy atom. The van der Waals surface area contributed by atoms with E-state index in [0.29, 0.717) is 19.0 Å². The average molecular weight is 242 g/mol. The summed E-state index contributed by atoms with van der Waals surface area (Å²) in [6.45, 7) is 8.56. The van der Waals surface area contributed by atoms with Gasteiger partial charge in [0.1, 0.15) is 5.60 Å². The zero-order valence-corrected chi connectivity index (χ0v) is 11.6. The van der Waals surface area contributed by atoms with Crippen molar-refractivity contribution in [2.75, 3.05) is 26.7 Å². The molecule has 0 aromatic rings. The number of carbonyl (C=O) groups is 1. The quantitative estimate of drug-likeness (QED) is 0.584. The lowest BCUT2D eigenvalue weighted by molar-refractivity contribution is -0.154. The zero-order valence-electron chi connectivity index (χ0n) is 11.6. The molecule has 1 heterocycles. The number of likely N-dealkylation sites (tertiary alicyclic amines) is 1. The van der Waals surface area contributed by atoms with Gasteiger partial charge in [-0.2, -0.15) is 0 Å². The van der Waals surface area contributed by atoms with Crippen molar-refractivity contribution in [3.8, 4) is 0 Å². The SMILES string of the molecule is CN1CCCC1CNCCC(=O)OC(C)(C)C. The molecule has 1 rings (SSSR count). The van der Waals surface area contributed by atoms with Crippen LogP contribution in [0, 0.1) is 0 Å². The van der Waals surface area contributed by atoms with Gasteiger partial charge in [0.2, 0.25) is 0 Å². The number of nitrogens with zero attached hydrogens (tertiary/aromatic N) is 1. The van der Waals surface area contributed by atoms with Gasteiger partial charge in [0, 0.05) is 19.1 Å². The number of esters is 1. The molecule has 0 amide bonds. The van der Waals surface area contributed by atoms with Crippen molar-refractivity contribution in [2.24, 2.45) is 0 Å². The maximum absolute atomic E-state index is 11.4. The van der Waals surface area contributed by atoms with E-state index in [4.69, 9.17) is 4.74 Å². The summed E-state index contributed by atoms with van der Waals surface area (Å²) < 4.78 is 5.24. The highest BCUT2D eigenvalue weighted by Crippen LogP contribution is 2.13. The van der Waals surface area contributed by atoms with E-state index in [9.17, 15) is 4.79 Å². The molecule has 0 radical (unpaired) electrons. The molecule has 1 aliphatic rings. The van der Waals surface area contributed by atoms with Crippen LogP contribution in [-0.4, -0.2) is 49.2 Å². The fourth-order valence-corrected chi connectivity index (χ4v) is 2.09. The Hall–Kier alpha value is -0.610. The van der Waals surface area contributed by atoms with Gasteiger partial charge in [0.15, 0.2) is 0 Å². The van der Waals surface area contributed by atoms with E-state index >= 15 is 0 Å². The summed E-state index contributed by atoms with van der Waals surface area (Å²) in [6, 6.07) is 0.633. The predicted molar refractivity (Wildman–Crippen MR) is 69.0 cm³/mol. The minimum atomic E-state index is -0.372. The van der Waals surface area contributed by atoms with Crippen LogP contribution in [0.15, 0.2) is 0 Å².